The standard InChI is InChI=1S/C20H22N8O2/c1-22-12-3-4-14(7-12)30-16-5-6-23-20(29-2)19(16)15-8-17(28-27-15)26-18-11-24-13(9-21)10-25-18/h5-6,8,10-12,14,22H,3-4,7H2,1-2H3,(H2,25,26,27,28)/t12-,14+/m0/s1. The summed E-state index contributed by atoms with van der Waals surface area (Å²) >= 11 is 0. The molecule has 30 heavy (non-hydrogen) atoms. The molecule has 0 amide bonds. The molecule has 4 rings (SSSR count). The van der Waals surface area contributed by atoms with Crippen LogP contribution in [0.15, 0.2) is 30.7 Å². The molecular weight excluding hydrogens is 384 g/mol. The number of H-pyrrole nitrogens is 1. The Labute approximate surface area is 173 Å². The molecule has 1 fully saturated rings. The van der Waals surface area contributed by atoms with Crippen molar-refractivity contribution in [3.63, 3.8) is 0 Å². The van der Waals surface area contributed by atoms with Crippen LogP contribution < -0.4 is 20.1 Å². The van der Waals surface area contributed by atoms with Gasteiger partial charge in [0.25, 0.3) is 0 Å². The van der Waals surface area contributed by atoms with Gasteiger partial charge in [-0.25, -0.2) is 15.0 Å². The van der Waals surface area contributed by atoms with Crippen molar-refractivity contribution in [2.24, 2.45) is 0 Å². The first-order chi connectivity index (χ1) is 14.7. The Bertz CT molecular complexity index is 1040. The van der Waals surface area contributed by atoms with Crippen LogP contribution in [0.5, 0.6) is 11.6 Å². The van der Waals surface area contributed by atoms with Gasteiger partial charge in [-0.3, -0.25) is 5.10 Å². The molecule has 3 heterocycles. The van der Waals surface area contributed by atoms with Gasteiger partial charge in [-0.1, -0.05) is 0 Å². The smallest absolute Gasteiger partial charge is 0.226 e. The van der Waals surface area contributed by atoms with Crippen LogP contribution >= 0.6 is 0 Å². The molecule has 2 atom stereocenters. The molecule has 1 saturated carbocycles. The molecule has 0 spiro atoms. The summed E-state index contributed by atoms with van der Waals surface area (Å²) in [6, 6.07) is 6.06. The van der Waals surface area contributed by atoms with Gasteiger partial charge in [-0.2, -0.15) is 10.4 Å². The number of nitriles is 1. The number of methoxy groups -OCH3 is 1. The summed E-state index contributed by atoms with van der Waals surface area (Å²) in [5.74, 6) is 2.16. The Morgan fingerprint density at radius 1 is 1.20 bits per heavy atom. The lowest BCUT2D eigenvalue weighted by Crippen LogP contribution is -2.23. The van der Waals surface area contributed by atoms with Crippen LogP contribution in [0.1, 0.15) is 25.0 Å². The number of hydrogen-bond acceptors (Lipinski definition) is 9. The van der Waals surface area contributed by atoms with E-state index in [4.69, 9.17) is 14.7 Å². The van der Waals surface area contributed by atoms with Crippen LogP contribution in [0.3, 0.4) is 0 Å². The Balaban J connectivity index is 1.57. The average Bonchev–Trinajstić information content (AvgIpc) is 3.43. The summed E-state index contributed by atoms with van der Waals surface area (Å²) in [6.45, 7) is 0. The van der Waals surface area contributed by atoms with E-state index in [9.17, 15) is 0 Å². The molecule has 1 aliphatic carbocycles. The number of rotatable bonds is 7. The fraction of sp³-hybridized carbons (Fsp3) is 0.350. The summed E-state index contributed by atoms with van der Waals surface area (Å²) in [6.07, 6.45) is 7.70. The molecule has 10 nitrogen and oxygen atoms in total. The molecule has 0 unspecified atom stereocenters. The van der Waals surface area contributed by atoms with Crippen LogP contribution in [0.2, 0.25) is 0 Å². The van der Waals surface area contributed by atoms with E-state index in [0.717, 1.165) is 19.3 Å². The fourth-order valence-corrected chi connectivity index (χ4v) is 3.51. The zero-order valence-corrected chi connectivity index (χ0v) is 16.7. The van der Waals surface area contributed by atoms with Crippen molar-refractivity contribution in [3.05, 3.63) is 36.4 Å². The van der Waals surface area contributed by atoms with Crippen LogP contribution in [0.4, 0.5) is 11.6 Å². The van der Waals surface area contributed by atoms with Gasteiger partial charge in [0.2, 0.25) is 5.88 Å². The molecule has 10 heteroatoms. The normalized spacial score (nSPS) is 18.0. The SMILES string of the molecule is CN[C@H]1CC[C@@H](Oc2ccnc(OC)c2-c2cc(Nc3cnc(C#N)cn3)n[nH]2)C1. The number of aromatic amines is 1. The maximum atomic E-state index is 8.83. The first kappa shape index (κ1) is 19.6. The van der Waals surface area contributed by atoms with Crippen molar-refractivity contribution >= 4 is 11.6 Å². The van der Waals surface area contributed by atoms with Crippen LogP contribution in [0, 0.1) is 11.3 Å². The van der Waals surface area contributed by atoms with Gasteiger partial charge in [0.1, 0.15) is 29.3 Å². The molecule has 154 valence electrons. The Kier molecular flexibility index (Phi) is 5.72. The van der Waals surface area contributed by atoms with E-state index < -0.39 is 0 Å². The highest BCUT2D eigenvalue weighted by Crippen LogP contribution is 2.38. The minimum absolute atomic E-state index is 0.128. The summed E-state index contributed by atoms with van der Waals surface area (Å²) < 4.78 is 11.8. The Morgan fingerprint density at radius 2 is 2.10 bits per heavy atom. The summed E-state index contributed by atoms with van der Waals surface area (Å²) in [5, 5.41) is 22.5. The van der Waals surface area contributed by atoms with E-state index in [1.54, 1.807) is 13.3 Å². The predicted octanol–water partition coefficient (Wildman–Crippen LogP) is 2.40. The predicted molar refractivity (Wildman–Crippen MR) is 110 cm³/mol. The topological polar surface area (TPSA) is 134 Å². The highest BCUT2D eigenvalue weighted by Gasteiger charge is 2.27. The number of aromatic nitrogens is 5. The van der Waals surface area contributed by atoms with E-state index in [2.05, 4.69) is 35.8 Å². The van der Waals surface area contributed by atoms with Gasteiger partial charge < -0.3 is 20.1 Å². The van der Waals surface area contributed by atoms with Gasteiger partial charge >= 0.3 is 0 Å². The highest BCUT2D eigenvalue weighted by molar-refractivity contribution is 5.74. The molecule has 0 aromatic carbocycles. The number of nitrogens with zero attached hydrogens (tertiary/aromatic N) is 5. The largest absolute Gasteiger partial charge is 0.489 e. The lowest BCUT2D eigenvalue weighted by atomic mass is 10.1. The van der Waals surface area contributed by atoms with Gasteiger partial charge in [0.15, 0.2) is 11.5 Å². The molecule has 0 radical (unpaired) electrons. The summed E-state index contributed by atoms with van der Waals surface area (Å²) in [5.41, 5.74) is 1.65. The van der Waals surface area contributed by atoms with Crippen molar-refractivity contribution in [2.75, 3.05) is 19.5 Å². The lowest BCUT2D eigenvalue weighted by Gasteiger charge is -2.17. The minimum Gasteiger partial charge on any atom is -0.489 e. The van der Waals surface area contributed by atoms with Crippen molar-refractivity contribution < 1.29 is 9.47 Å². The van der Waals surface area contributed by atoms with Gasteiger partial charge in [0, 0.05) is 18.3 Å². The van der Waals surface area contributed by atoms with Gasteiger partial charge in [0.05, 0.1) is 25.2 Å². The van der Waals surface area contributed by atoms with E-state index in [1.807, 2.05) is 25.2 Å². The van der Waals surface area contributed by atoms with Crippen LogP contribution in [-0.2, 0) is 0 Å². The van der Waals surface area contributed by atoms with Gasteiger partial charge in [-0.05, 0) is 32.4 Å². The zero-order chi connectivity index (χ0) is 20.9. The Hall–Kier alpha value is -3.71. The quantitative estimate of drug-likeness (QED) is 0.541. The van der Waals surface area contributed by atoms with Crippen molar-refractivity contribution in [3.8, 4) is 29.0 Å². The van der Waals surface area contributed by atoms with Crippen LogP contribution in [-0.4, -0.2) is 51.5 Å². The number of nitrogens with one attached hydrogen (secondary N) is 3. The number of ether oxygens (including phenoxy) is 2. The molecular formula is C20H22N8O2. The zero-order valence-electron chi connectivity index (χ0n) is 16.7. The third-order valence-electron chi connectivity index (χ3n) is 5.03. The number of hydrogen-bond donors (Lipinski definition) is 3. The third kappa shape index (κ3) is 4.16. The molecule has 3 aromatic rings. The monoisotopic (exact) mass is 406 g/mol. The lowest BCUT2D eigenvalue weighted by molar-refractivity contribution is 0.206. The highest BCUT2D eigenvalue weighted by atomic mass is 16.5. The third-order valence-corrected chi connectivity index (χ3v) is 5.03. The first-order valence-corrected chi connectivity index (χ1v) is 9.62. The van der Waals surface area contributed by atoms with E-state index in [0.29, 0.717) is 40.6 Å². The maximum Gasteiger partial charge on any atom is 0.226 e. The maximum absolute atomic E-state index is 8.83. The fourth-order valence-electron chi connectivity index (χ4n) is 3.51. The van der Waals surface area contributed by atoms with Crippen LogP contribution in [0.25, 0.3) is 11.3 Å². The minimum atomic E-state index is 0.128. The second kappa shape index (κ2) is 8.75. The van der Waals surface area contributed by atoms with E-state index in [1.165, 1.54) is 12.4 Å². The number of pyridine rings is 1. The van der Waals surface area contributed by atoms with E-state index >= 15 is 0 Å². The molecule has 0 saturated heterocycles. The van der Waals surface area contributed by atoms with Crippen molar-refractivity contribution in [1.82, 2.24) is 30.5 Å². The molecule has 0 bridgehead atoms. The summed E-state index contributed by atoms with van der Waals surface area (Å²) in [7, 11) is 3.55. The molecule has 1 aliphatic rings. The summed E-state index contributed by atoms with van der Waals surface area (Å²) in [4.78, 5) is 12.5. The first-order valence-electron chi connectivity index (χ1n) is 9.62. The van der Waals surface area contributed by atoms with Crippen molar-refractivity contribution in [1.29, 1.82) is 5.26 Å². The molecule has 3 aromatic heterocycles. The molecule has 3 N–H and O–H groups in total. The average molecular weight is 406 g/mol. The molecule has 0 aliphatic heterocycles. The van der Waals surface area contributed by atoms with E-state index in [-0.39, 0.29) is 11.8 Å². The van der Waals surface area contributed by atoms with Gasteiger partial charge in [-0.15, -0.1) is 0 Å². The number of anilines is 2. The second-order valence-electron chi connectivity index (χ2n) is 6.92. The Morgan fingerprint density at radius 3 is 2.80 bits per heavy atom. The second-order valence-corrected chi connectivity index (χ2v) is 6.92. The van der Waals surface area contributed by atoms with Crippen molar-refractivity contribution in [2.45, 2.75) is 31.4 Å².